The van der Waals surface area contributed by atoms with Crippen LogP contribution in [0.15, 0.2) is 28.7 Å². The second-order valence-corrected chi connectivity index (χ2v) is 8.04. The Hall–Kier alpha value is -1.93. The lowest BCUT2D eigenvalue weighted by molar-refractivity contribution is -0.127. The standard InChI is InChI=1S/C18H23BrN2O5/c1-18(2,3)26-17(25)21-9-8-13(22)15(21)16(24)20-10-14(23)11-4-6-12(19)7-5-11/h4-7,13,15,22H,8-10H2,1-3H3,(H,20,24)/t13-,15-/m0/s1. The van der Waals surface area contributed by atoms with Crippen molar-refractivity contribution in [2.75, 3.05) is 13.1 Å². The van der Waals surface area contributed by atoms with Crippen molar-refractivity contribution in [2.45, 2.75) is 44.9 Å². The molecule has 26 heavy (non-hydrogen) atoms. The number of likely N-dealkylation sites (tertiary alicyclic amines) is 1. The van der Waals surface area contributed by atoms with E-state index in [9.17, 15) is 19.5 Å². The van der Waals surface area contributed by atoms with Crippen LogP contribution in [-0.2, 0) is 9.53 Å². The molecule has 7 nitrogen and oxygen atoms in total. The first-order valence-electron chi connectivity index (χ1n) is 8.32. The highest BCUT2D eigenvalue weighted by atomic mass is 79.9. The van der Waals surface area contributed by atoms with E-state index in [0.29, 0.717) is 5.56 Å². The topological polar surface area (TPSA) is 95.9 Å². The lowest BCUT2D eigenvalue weighted by Crippen LogP contribution is -2.52. The van der Waals surface area contributed by atoms with Crippen LogP contribution in [0.3, 0.4) is 0 Å². The summed E-state index contributed by atoms with van der Waals surface area (Å²) in [5.74, 6) is -0.839. The molecular formula is C18H23BrN2O5. The van der Waals surface area contributed by atoms with Crippen molar-refractivity contribution >= 4 is 33.7 Å². The molecule has 1 heterocycles. The van der Waals surface area contributed by atoms with Gasteiger partial charge in [-0.15, -0.1) is 0 Å². The summed E-state index contributed by atoms with van der Waals surface area (Å²) in [5, 5.41) is 12.6. The number of carbonyl (C=O) groups excluding carboxylic acids is 3. The number of ketones is 1. The molecule has 1 aliphatic heterocycles. The van der Waals surface area contributed by atoms with Gasteiger partial charge in [-0.05, 0) is 39.3 Å². The fourth-order valence-corrected chi connectivity index (χ4v) is 2.89. The lowest BCUT2D eigenvalue weighted by atomic mass is 10.1. The minimum absolute atomic E-state index is 0.216. The van der Waals surface area contributed by atoms with Gasteiger partial charge >= 0.3 is 6.09 Å². The summed E-state index contributed by atoms with van der Waals surface area (Å²) >= 11 is 3.29. The third-order valence-electron chi connectivity index (χ3n) is 3.85. The Kier molecular flexibility index (Phi) is 6.41. The van der Waals surface area contributed by atoms with E-state index in [0.717, 1.165) is 4.47 Å². The summed E-state index contributed by atoms with van der Waals surface area (Å²) < 4.78 is 6.13. The van der Waals surface area contributed by atoms with Crippen LogP contribution in [0.1, 0.15) is 37.6 Å². The van der Waals surface area contributed by atoms with Gasteiger partial charge in [0, 0.05) is 16.6 Å². The number of hydrogen-bond acceptors (Lipinski definition) is 5. The Morgan fingerprint density at radius 2 is 1.88 bits per heavy atom. The van der Waals surface area contributed by atoms with Gasteiger partial charge in [0.2, 0.25) is 5.91 Å². The third kappa shape index (κ3) is 5.28. The van der Waals surface area contributed by atoms with Gasteiger partial charge in [-0.2, -0.15) is 0 Å². The highest BCUT2D eigenvalue weighted by molar-refractivity contribution is 9.10. The number of hydrogen-bond donors (Lipinski definition) is 2. The molecule has 1 aromatic carbocycles. The molecule has 1 fully saturated rings. The van der Waals surface area contributed by atoms with Crippen LogP contribution >= 0.6 is 15.9 Å². The van der Waals surface area contributed by atoms with Gasteiger partial charge in [-0.25, -0.2) is 4.79 Å². The number of rotatable bonds is 4. The first-order valence-corrected chi connectivity index (χ1v) is 9.12. The van der Waals surface area contributed by atoms with Crippen LogP contribution in [-0.4, -0.2) is 58.6 Å². The first-order chi connectivity index (χ1) is 12.1. The number of aliphatic hydroxyl groups excluding tert-OH is 1. The Balaban J connectivity index is 1.98. The summed E-state index contributed by atoms with van der Waals surface area (Å²) in [6, 6.07) is 5.70. The maximum absolute atomic E-state index is 12.4. The van der Waals surface area contributed by atoms with Gasteiger partial charge in [-0.3, -0.25) is 14.5 Å². The summed E-state index contributed by atoms with van der Waals surface area (Å²) in [5.41, 5.74) is -0.243. The molecule has 2 atom stereocenters. The fourth-order valence-electron chi connectivity index (χ4n) is 2.63. The number of halogens is 1. The molecule has 0 aliphatic carbocycles. The van der Waals surface area contributed by atoms with Crippen LogP contribution in [0, 0.1) is 0 Å². The van der Waals surface area contributed by atoms with Crippen LogP contribution in [0.25, 0.3) is 0 Å². The zero-order valence-electron chi connectivity index (χ0n) is 15.0. The molecule has 8 heteroatoms. The van der Waals surface area contributed by atoms with Crippen LogP contribution in [0.4, 0.5) is 4.79 Å². The molecular weight excluding hydrogens is 404 g/mol. The van der Waals surface area contributed by atoms with Gasteiger partial charge in [-0.1, -0.05) is 28.1 Å². The zero-order chi connectivity index (χ0) is 19.5. The number of Topliss-reactive ketones (excluding diaryl/α,β-unsaturated/α-hetero) is 1. The number of aliphatic hydroxyl groups is 1. The van der Waals surface area contributed by atoms with Crippen molar-refractivity contribution in [3.8, 4) is 0 Å². The van der Waals surface area contributed by atoms with E-state index in [2.05, 4.69) is 21.2 Å². The summed E-state index contributed by atoms with van der Waals surface area (Å²) in [4.78, 5) is 38.1. The van der Waals surface area contributed by atoms with Gasteiger partial charge in [0.15, 0.2) is 5.78 Å². The Labute approximate surface area is 160 Å². The predicted octanol–water partition coefficient (Wildman–Crippen LogP) is 2.12. The number of carbonyl (C=O) groups is 3. The van der Waals surface area contributed by atoms with E-state index in [1.165, 1.54) is 4.90 Å². The van der Waals surface area contributed by atoms with Crippen molar-refractivity contribution in [1.82, 2.24) is 10.2 Å². The molecule has 1 aromatic rings. The molecule has 0 radical (unpaired) electrons. The molecule has 1 saturated heterocycles. The summed E-state index contributed by atoms with van der Waals surface area (Å²) in [6.07, 6.45) is -1.38. The molecule has 0 bridgehead atoms. The van der Waals surface area contributed by atoms with Crippen molar-refractivity contribution in [3.63, 3.8) is 0 Å². The first kappa shape index (κ1) is 20.4. The van der Waals surface area contributed by atoms with Crippen molar-refractivity contribution in [3.05, 3.63) is 34.3 Å². The average molecular weight is 427 g/mol. The highest BCUT2D eigenvalue weighted by Crippen LogP contribution is 2.21. The van der Waals surface area contributed by atoms with Crippen LogP contribution < -0.4 is 5.32 Å². The lowest BCUT2D eigenvalue weighted by Gasteiger charge is -2.28. The maximum Gasteiger partial charge on any atom is 0.411 e. The molecule has 2 rings (SSSR count). The monoisotopic (exact) mass is 426 g/mol. The predicted molar refractivity (Wildman–Crippen MR) is 98.8 cm³/mol. The Morgan fingerprint density at radius 3 is 2.46 bits per heavy atom. The largest absolute Gasteiger partial charge is 0.444 e. The van der Waals surface area contributed by atoms with Crippen molar-refractivity contribution in [2.24, 2.45) is 0 Å². The van der Waals surface area contributed by atoms with E-state index >= 15 is 0 Å². The molecule has 2 amide bonds. The SMILES string of the molecule is CC(C)(C)OC(=O)N1CC[C@H](O)[C@H]1C(=O)NCC(=O)c1ccc(Br)cc1. The van der Waals surface area contributed by atoms with Gasteiger partial charge < -0.3 is 15.2 Å². The molecule has 0 aromatic heterocycles. The molecule has 2 N–H and O–H groups in total. The number of benzene rings is 1. The quantitative estimate of drug-likeness (QED) is 0.718. The normalized spacial score (nSPS) is 20.0. The molecule has 142 valence electrons. The van der Waals surface area contributed by atoms with E-state index in [1.54, 1.807) is 45.0 Å². The molecule has 0 spiro atoms. The molecule has 1 aliphatic rings. The zero-order valence-corrected chi connectivity index (χ0v) is 16.6. The maximum atomic E-state index is 12.4. The Morgan fingerprint density at radius 1 is 1.27 bits per heavy atom. The van der Waals surface area contributed by atoms with Gasteiger partial charge in [0.05, 0.1) is 12.6 Å². The smallest absolute Gasteiger partial charge is 0.411 e. The van der Waals surface area contributed by atoms with E-state index in [1.807, 2.05) is 0 Å². The Bertz CT molecular complexity index is 684. The number of nitrogens with one attached hydrogen (secondary N) is 1. The minimum Gasteiger partial charge on any atom is -0.444 e. The molecule has 0 unspecified atom stereocenters. The van der Waals surface area contributed by atoms with Crippen molar-refractivity contribution in [1.29, 1.82) is 0 Å². The fraction of sp³-hybridized carbons (Fsp3) is 0.500. The van der Waals surface area contributed by atoms with Gasteiger partial charge in [0.1, 0.15) is 11.6 Å². The average Bonchev–Trinajstić information content (AvgIpc) is 2.93. The molecule has 0 saturated carbocycles. The van der Waals surface area contributed by atoms with E-state index in [4.69, 9.17) is 4.74 Å². The number of ether oxygens (including phenoxy) is 1. The number of amides is 2. The van der Waals surface area contributed by atoms with E-state index < -0.39 is 29.7 Å². The minimum atomic E-state index is -1.07. The van der Waals surface area contributed by atoms with Gasteiger partial charge in [0.25, 0.3) is 0 Å². The highest BCUT2D eigenvalue weighted by Gasteiger charge is 2.42. The third-order valence-corrected chi connectivity index (χ3v) is 4.38. The second-order valence-electron chi connectivity index (χ2n) is 7.12. The van der Waals surface area contributed by atoms with Crippen molar-refractivity contribution < 1.29 is 24.2 Å². The van der Waals surface area contributed by atoms with Crippen LogP contribution in [0.5, 0.6) is 0 Å². The van der Waals surface area contributed by atoms with Crippen LogP contribution in [0.2, 0.25) is 0 Å². The van der Waals surface area contributed by atoms with E-state index in [-0.39, 0.29) is 25.3 Å². The summed E-state index contributed by atoms with van der Waals surface area (Å²) in [6.45, 7) is 5.18. The summed E-state index contributed by atoms with van der Waals surface area (Å²) in [7, 11) is 0. The second kappa shape index (κ2) is 8.18. The number of nitrogens with zero attached hydrogens (tertiary/aromatic N) is 1.